The number of carbonyl (C=O) groups is 1. The smallest absolute Gasteiger partial charge is 0.319 e. The minimum absolute atomic E-state index is 0.195. The standard InChI is InChI=1S/C20H28Cl2N4O/c21-18-12-17(13-19(22)25-18)24-20(27)23-16-8-10-26(11-9-16)14-15-6-4-2-1-3-5-7-15/h6,12-13,16H,1-5,7-11,14H2,(H2,23,24,25,27). The number of urea groups is 1. The predicted molar refractivity (Wildman–Crippen MR) is 112 cm³/mol. The molecule has 0 saturated carbocycles. The average molecular weight is 411 g/mol. The summed E-state index contributed by atoms with van der Waals surface area (Å²) >= 11 is 11.7. The lowest BCUT2D eigenvalue weighted by atomic mass is 9.98. The Morgan fingerprint density at radius 1 is 1.11 bits per heavy atom. The molecule has 0 atom stereocenters. The summed E-state index contributed by atoms with van der Waals surface area (Å²) in [6, 6.07) is 3.13. The van der Waals surface area contributed by atoms with Crippen molar-refractivity contribution in [3.8, 4) is 0 Å². The Hall–Kier alpha value is -1.30. The van der Waals surface area contributed by atoms with E-state index in [2.05, 4.69) is 26.6 Å². The third-order valence-electron chi connectivity index (χ3n) is 5.26. The second kappa shape index (κ2) is 10.3. The van der Waals surface area contributed by atoms with Crippen LogP contribution in [0.4, 0.5) is 10.5 Å². The first kappa shape index (κ1) is 20.4. The molecule has 1 aromatic heterocycles. The van der Waals surface area contributed by atoms with Gasteiger partial charge < -0.3 is 10.6 Å². The molecule has 0 spiro atoms. The molecule has 2 aliphatic rings. The summed E-state index contributed by atoms with van der Waals surface area (Å²) in [7, 11) is 0. The lowest BCUT2D eigenvalue weighted by Crippen LogP contribution is -2.46. The molecule has 3 rings (SSSR count). The Morgan fingerprint density at radius 2 is 1.81 bits per heavy atom. The van der Waals surface area contributed by atoms with Crippen LogP contribution in [-0.4, -0.2) is 41.6 Å². The third kappa shape index (κ3) is 6.98. The Labute approximate surface area is 171 Å². The number of rotatable bonds is 4. The number of amides is 2. The molecule has 5 nitrogen and oxygen atoms in total. The minimum Gasteiger partial charge on any atom is -0.335 e. The number of nitrogens with zero attached hydrogens (tertiary/aromatic N) is 2. The maximum absolute atomic E-state index is 12.2. The molecule has 0 radical (unpaired) electrons. The summed E-state index contributed by atoms with van der Waals surface area (Å²) in [6.07, 6.45) is 12.3. The van der Waals surface area contributed by atoms with E-state index in [-0.39, 0.29) is 22.4 Å². The highest BCUT2D eigenvalue weighted by Crippen LogP contribution is 2.21. The molecule has 1 aliphatic heterocycles. The summed E-state index contributed by atoms with van der Waals surface area (Å²) in [6.45, 7) is 3.14. The van der Waals surface area contributed by atoms with Crippen molar-refractivity contribution in [2.45, 2.75) is 57.4 Å². The maximum atomic E-state index is 12.2. The van der Waals surface area contributed by atoms with E-state index in [1.807, 2.05) is 0 Å². The molecule has 2 N–H and O–H groups in total. The molecule has 2 heterocycles. The quantitative estimate of drug-likeness (QED) is 0.525. The number of pyridine rings is 1. The molecule has 0 unspecified atom stereocenters. The zero-order valence-electron chi connectivity index (χ0n) is 15.6. The van der Waals surface area contributed by atoms with Gasteiger partial charge in [0, 0.05) is 31.4 Å². The van der Waals surface area contributed by atoms with Crippen molar-refractivity contribution in [1.29, 1.82) is 0 Å². The van der Waals surface area contributed by atoms with Crippen molar-refractivity contribution >= 4 is 34.9 Å². The van der Waals surface area contributed by atoms with Crippen LogP contribution in [-0.2, 0) is 0 Å². The molecule has 27 heavy (non-hydrogen) atoms. The van der Waals surface area contributed by atoms with Gasteiger partial charge in [0.25, 0.3) is 0 Å². The van der Waals surface area contributed by atoms with Gasteiger partial charge in [-0.1, -0.05) is 47.7 Å². The molecule has 1 aliphatic carbocycles. The molecule has 2 amide bonds. The topological polar surface area (TPSA) is 57.3 Å². The van der Waals surface area contributed by atoms with Gasteiger partial charge in [-0.05, 0) is 50.7 Å². The molecular weight excluding hydrogens is 383 g/mol. The summed E-state index contributed by atoms with van der Waals surface area (Å²) in [4.78, 5) is 18.6. The van der Waals surface area contributed by atoms with E-state index in [0.717, 1.165) is 32.5 Å². The Bertz CT molecular complexity index is 652. The summed E-state index contributed by atoms with van der Waals surface area (Å²) < 4.78 is 0. The molecule has 7 heteroatoms. The van der Waals surface area contributed by atoms with Gasteiger partial charge in [0.15, 0.2) is 0 Å². The number of nitrogens with one attached hydrogen (secondary N) is 2. The molecule has 1 aromatic rings. The van der Waals surface area contributed by atoms with Crippen LogP contribution in [0.1, 0.15) is 51.4 Å². The fourth-order valence-corrected chi connectivity index (χ4v) is 4.27. The fraction of sp³-hybridized carbons (Fsp3) is 0.600. The van der Waals surface area contributed by atoms with Gasteiger partial charge in [0.05, 0.1) is 0 Å². The van der Waals surface area contributed by atoms with Crippen LogP contribution in [0.2, 0.25) is 10.3 Å². The van der Waals surface area contributed by atoms with Crippen LogP contribution in [0, 0.1) is 0 Å². The van der Waals surface area contributed by atoms with Crippen LogP contribution in [0.5, 0.6) is 0 Å². The van der Waals surface area contributed by atoms with Crippen molar-refractivity contribution in [2.75, 3.05) is 25.0 Å². The van der Waals surface area contributed by atoms with Crippen LogP contribution in [0.25, 0.3) is 0 Å². The molecular formula is C20H28Cl2N4O. The number of allylic oxidation sites excluding steroid dienone is 1. The number of aromatic nitrogens is 1. The summed E-state index contributed by atoms with van der Waals surface area (Å²) in [5.74, 6) is 0. The van der Waals surface area contributed by atoms with E-state index < -0.39 is 0 Å². The van der Waals surface area contributed by atoms with Gasteiger partial charge in [0.1, 0.15) is 10.3 Å². The van der Waals surface area contributed by atoms with Crippen LogP contribution in [0.3, 0.4) is 0 Å². The van der Waals surface area contributed by atoms with Crippen molar-refractivity contribution in [1.82, 2.24) is 15.2 Å². The van der Waals surface area contributed by atoms with E-state index >= 15 is 0 Å². The lowest BCUT2D eigenvalue weighted by Gasteiger charge is -2.33. The number of likely N-dealkylation sites (tertiary alicyclic amines) is 1. The van der Waals surface area contributed by atoms with Gasteiger partial charge in [-0.15, -0.1) is 0 Å². The van der Waals surface area contributed by atoms with Gasteiger partial charge in [-0.25, -0.2) is 9.78 Å². The minimum atomic E-state index is -0.227. The van der Waals surface area contributed by atoms with Crippen molar-refractivity contribution in [2.24, 2.45) is 0 Å². The number of hydrogen-bond donors (Lipinski definition) is 2. The lowest BCUT2D eigenvalue weighted by molar-refractivity contribution is 0.205. The van der Waals surface area contributed by atoms with Crippen LogP contribution in [0.15, 0.2) is 23.8 Å². The first-order valence-corrected chi connectivity index (χ1v) is 10.6. The third-order valence-corrected chi connectivity index (χ3v) is 5.64. The highest BCUT2D eigenvalue weighted by Gasteiger charge is 2.21. The summed E-state index contributed by atoms with van der Waals surface area (Å²) in [5.41, 5.74) is 2.15. The zero-order chi connectivity index (χ0) is 19.1. The first-order chi connectivity index (χ1) is 13.1. The van der Waals surface area contributed by atoms with Crippen LogP contribution < -0.4 is 10.6 Å². The second-order valence-corrected chi connectivity index (χ2v) is 8.24. The van der Waals surface area contributed by atoms with Gasteiger partial charge >= 0.3 is 6.03 Å². The Morgan fingerprint density at radius 3 is 2.56 bits per heavy atom. The van der Waals surface area contributed by atoms with Crippen LogP contribution >= 0.6 is 23.2 Å². The molecule has 1 saturated heterocycles. The molecule has 148 valence electrons. The SMILES string of the molecule is O=C(Nc1cc(Cl)nc(Cl)c1)NC1CCN(CC2=CCCCCCC2)CC1. The zero-order valence-corrected chi connectivity index (χ0v) is 17.2. The first-order valence-electron chi connectivity index (χ1n) is 9.89. The van der Waals surface area contributed by atoms with E-state index in [0.29, 0.717) is 5.69 Å². The average Bonchev–Trinajstić information content (AvgIpc) is 2.57. The number of anilines is 1. The number of hydrogen-bond acceptors (Lipinski definition) is 3. The second-order valence-electron chi connectivity index (χ2n) is 7.47. The molecule has 1 fully saturated rings. The van der Waals surface area contributed by atoms with E-state index in [1.165, 1.54) is 38.5 Å². The predicted octanol–water partition coefficient (Wildman–Crippen LogP) is 5.25. The number of piperidine rings is 1. The van der Waals surface area contributed by atoms with E-state index in [1.54, 1.807) is 17.7 Å². The van der Waals surface area contributed by atoms with Crippen molar-refractivity contribution in [3.05, 3.63) is 34.1 Å². The monoisotopic (exact) mass is 410 g/mol. The highest BCUT2D eigenvalue weighted by atomic mass is 35.5. The van der Waals surface area contributed by atoms with Crippen molar-refractivity contribution in [3.63, 3.8) is 0 Å². The molecule has 0 aromatic carbocycles. The number of halogens is 2. The Kier molecular flexibility index (Phi) is 7.80. The van der Waals surface area contributed by atoms with Gasteiger partial charge in [-0.3, -0.25) is 4.90 Å². The molecule has 0 bridgehead atoms. The largest absolute Gasteiger partial charge is 0.335 e. The fourth-order valence-electron chi connectivity index (χ4n) is 3.81. The van der Waals surface area contributed by atoms with E-state index in [4.69, 9.17) is 23.2 Å². The Balaban J connectivity index is 1.41. The van der Waals surface area contributed by atoms with Gasteiger partial charge in [0.2, 0.25) is 0 Å². The number of carbonyl (C=O) groups excluding carboxylic acids is 1. The normalized spacial score (nSPS) is 19.7. The summed E-state index contributed by atoms with van der Waals surface area (Å²) in [5, 5.41) is 6.35. The van der Waals surface area contributed by atoms with Crippen molar-refractivity contribution < 1.29 is 4.79 Å². The van der Waals surface area contributed by atoms with Gasteiger partial charge in [-0.2, -0.15) is 0 Å². The highest BCUT2D eigenvalue weighted by molar-refractivity contribution is 6.32. The maximum Gasteiger partial charge on any atom is 0.319 e. The van der Waals surface area contributed by atoms with E-state index in [9.17, 15) is 4.79 Å².